The first kappa shape index (κ1) is 27.8. The van der Waals surface area contributed by atoms with Crippen molar-refractivity contribution < 1.29 is 45.4 Å². The Morgan fingerprint density at radius 3 is 2.56 bits per heavy atom. The predicted molar refractivity (Wildman–Crippen MR) is 131 cm³/mol. The molecule has 39 heavy (non-hydrogen) atoms. The van der Waals surface area contributed by atoms with Gasteiger partial charge in [0.25, 0.3) is 0 Å². The van der Waals surface area contributed by atoms with Crippen LogP contribution < -0.4 is 14.2 Å². The Bertz CT molecular complexity index is 1530. The summed E-state index contributed by atoms with van der Waals surface area (Å²) < 4.78 is 82.0. The molecule has 0 fully saturated rings. The molecule has 3 aromatic rings. The van der Waals surface area contributed by atoms with Gasteiger partial charge in [0, 0.05) is 17.5 Å². The van der Waals surface area contributed by atoms with Gasteiger partial charge in [-0.3, -0.25) is 0 Å². The van der Waals surface area contributed by atoms with Gasteiger partial charge >= 0.3 is 12.1 Å². The highest BCUT2D eigenvalue weighted by atomic mass is 32.2. The third-order valence-corrected chi connectivity index (χ3v) is 7.09. The molecular weight excluding hydrogens is 543 g/mol. The Kier molecular flexibility index (Phi) is 8.04. The number of rotatable bonds is 9. The number of sulfone groups is 1. The number of para-hydroxylation sites is 1. The number of hydrogen-bond acceptors (Lipinski definition) is 10. The summed E-state index contributed by atoms with van der Waals surface area (Å²) in [5, 5.41) is 2.74. The minimum atomic E-state index is -4.93. The Balaban J connectivity index is 1.44. The molecular formula is C25H22F3N3O7S. The van der Waals surface area contributed by atoms with Gasteiger partial charge in [0.2, 0.25) is 21.8 Å². The molecule has 0 amide bonds. The zero-order valence-electron chi connectivity index (χ0n) is 20.7. The molecule has 1 aliphatic heterocycles. The molecule has 0 bridgehead atoms. The van der Waals surface area contributed by atoms with E-state index in [1.807, 2.05) is 0 Å². The maximum Gasteiger partial charge on any atom is 0.433 e. The number of methoxy groups -OCH3 is 1. The lowest BCUT2D eigenvalue weighted by molar-refractivity contribution is -0.143. The summed E-state index contributed by atoms with van der Waals surface area (Å²) in [5.41, 5.74) is -0.577. The molecule has 0 N–H and O–H groups in total. The van der Waals surface area contributed by atoms with E-state index in [0.29, 0.717) is 28.8 Å². The molecule has 0 spiro atoms. The molecule has 1 aliphatic rings. The highest BCUT2D eigenvalue weighted by Crippen LogP contribution is 2.35. The first-order valence-corrected chi connectivity index (χ1v) is 13.1. The number of carbonyl (C=O) groups is 1. The fraction of sp³-hybridized carbons (Fsp3) is 0.280. The van der Waals surface area contributed by atoms with E-state index in [2.05, 4.69) is 15.1 Å². The van der Waals surface area contributed by atoms with Crippen molar-refractivity contribution in [1.29, 1.82) is 0 Å². The predicted octanol–water partition coefficient (Wildman–Crippen LogP) is 4.42. The molecule has 1 aromatic heterocycles. The van der Waals surface area contributed by atoms with Crippen LogP contribution in [0.4, 0.5) is 13.2 Å². The number of benzene rings is 2. The number of halogens is 3. The minimum absolute atomic E-state index is 0.0974. The molecule has 0 radical (unpaired) electrons. The molecule has 206 valence electrons. The lowest BCUT2D eigenvalue weighted by Crippen LogP contribution is -2.17. The zero-order chi connectivity index (χ0) is 28.2. The molecule has 4 rings (SSSR count). The van der Waals surface area contributed by atoms with Crippen LogP contribution in [-0.2, 0) is 25.6 Å². The molecule has 14 heteroatoms. The smallest absolute Gasteiger partial charge is 0.433 e. The van der Waals surface area contributed by atoms with Gasteiger partial charge in [-0.25, -0.2) is 23.2 Å². The second-order valence-corrected chi connectivity index (χ2v) is 10.3. The molecule has 0 unspecified atom stereocenters. The number of oxime groups is 1. The van der Waals surface area contributed by atoms with Crippen LogP contribution in [0.15, 0.2) is 58.8 Å². The Morgan fingerprint density at radius 2 is 1.82 bits per heavy atom. The normalized spacial score (nSPS) is 13.3. The highest BCUT2D eigenvalue weighted by molar-refractivity contribution is 7.91. The summed E-state index contributed by atoms with van der Waals surface area (Å²) in [6.07, 6.45) is -5.56. The van der Waals surface area contributed by atoms with Crippen LogP contribution >= 0.6 is 0 Å². The van der Waals surface area contributed by atoms with E-state index in [9.17, 15) is 26.4 Å². The van der Waals surface area contributed by atoms with Crippen LogP contribution in [0.25, 0.3) is 11.3 Å². The van der Waals surface area contributed by atoms with E-state index in [4.69, 9.17) is 19.0 Å². The molecule has 2 aromatic carbocycles. The van der Waals surface area contributed by atoms with Gasteiger partial charge in [0.1, 0.15) is 11.4 Å². The van der Waals surface area contributed by atoms with Crippen LogP contribution in [0.1, 0.15) is 31.0 Å². The van der Waals surface area contributed by atoms with Crippen LogP contribution in [0.3, 0.4) is 0 Å². The van der Waals surface area contributed by atoms with Crippen molar-refractivity contribution in [1.82, 2.24) is 9.97 Å². The lowest BCUT2D eigenvalue weighted by atomic mass is 10.1. The third-order valence-electron chi connectivity index (χ3n) is 5.53. The van der Waals surface area contributed by atoms with Crippen LogP contribution in [0.2, 0.25) is 0 Å². The van der Waals surface area contributed by atoms with Crippen molar-refractivity contribution in [2.75, 3.05) is 19.7 Å². The minimum Gasteiger partial charge on any atom is -0.496 e. The Morgan fingerprint density at radius 1 is 1.08 bits per heavy atom. The quantitative estimate of drug-likeness (QED) is 0.160. The number of fused-ring (bicyclic) bond motifs is 1. The van der Waals surface area contributed by atoms with Crippen LogP contribution in [0, 0.1) is 0 Å². The molecule has 2 heterocycles. The summed E-state index contributed by atoms with van der Waals surface area (Å²) in [6.45, 7) is 1.69. The van der Waals surface area contributed by atoms with Crippen molar-refractivity contribution in [2.45, 2.75) is 31.1 Å². The molecule has 10 nitrogen and oxygen atoms in total. The molecule has 0 saturated carbocycles. The van der Waals surface area contributed by atoms with E-state index in [1.54, 1.807) is 37.3 Å². The summed E-state index contributed by atoms with van der Waals surface area (Å²) in [6, 6.07) is 11.8. The van der Waals surface area contributed by atoms with E-state index >= 15 is 0 Å². The average molecular weight is 566 g/mol. The standard InChI is InChI=1S/C25H22F3N3O7S/c1-15(16-9-10-20-21(12-16)37-14-36-20)31-38-23(32)8-5-11-39(33,34)24-29-18(13-22(30-24)25(26,27)28)17-6-3-4-7-19(17)35-2/h3-4,6-7,9-10,12-13H,5,8,11,14H2,1-2H3. The number of aromatic nitrogens is 2. The van der Waals surface area contributed by atoms with Crippen LogP contribution in [0.5, 0.6) is 17.2 Å². The first-order valence-electron chi connectivity index (χ1n) is 11.4. The van der Waals surface area contributed by atoms with Crippen molar-refractivity contribution in [2.24, 2.45) is 5.16 Å². The number of carbonyl (C=O) groups excluding carboxylic acids is 1. The van der Waals surface area contributed by atoms with Gasteiger partial charge in [-0.1, -0.05) is 17.3 Å². The van der Waals surface area contributed by atoms with Crippen LogP contribution in [-0.4, -0.2) is 49.7 Å². The van der Waals surface area contributed by atoms with Gasteiger partial charge in [-0.2, -0.15) is 13.2 Å². The number of nitrogens with zero attached hydrogens (tertiary/aromatic N) is 3. The lowest BCUT2D eigenvalue weighted by Gasteiger charge is -2.13. The van der Waals surface area contributed by atoms with Gasteiger partial charge in [0.15, 0.2) is 11.5 Å². The second-order valence-electron chi connectivity index (χ2n) is 8.25. The van der Waals surface area contributed by atoms with E-state index in [0.717, 1.165) is 0 Å². The largest absolute Gasteiger partial charge is 0.496 e. The first-order chi connectivity index (χ1) is 18.5. The topological polar surface area (TPSA) is 126 Å². The maximum absolute atomic E-state index is 13.5. The van der Waals surface area contributed by atoms with E-state index < -0.39 is 38.6 Å². The van der Waals surface area contributed by atoms with Gasteiger partial charge < -0.3 is 19.0 Å². The monoisotopic (exact) mass is 565 g/mol. The number of hydrogen-bond donors (Lipinski definition) is 0. The van der Waals surface area contributed by atoms with E-state index in [-0.39, 0.29) is 36.6 Å². The molecule has 0 atom stereocenters. The van der Waals surface area contributed by atoms with Crippen molar-refractivity contribution >= 4 is 21.5 Å². The summed E-state index contributed by atoms with van der Waals surface area (Å²) in [5.74, 6) is -0.231. The fourth-order valence-corrected chi connectivity index (χ4v) is 4.72. The van der Waals surface area contributed by atoms with Gasteiger partial charge in [-0.15, -0.1) is 0 Å². The zero-order valence-corrected chi connectivity index (χ0v) is 21.5. The SMILES string of the molecule is COc1ccccc1-c1cc(C(F)(F)F)nc(S(=O)(=O)CCCC(=O)ON=C(C)c2ccc3c(c2)OCO3)n1. The summed E-state index contributed by atoms with van der Waals surface area (Å²) >= 11 is 0. The van der Waals surface area contributed by atoms with Gasteiger partial charge in [0.05, 0.1) is 24.3 Å². The van der Waals surface area contributed by atoms with Gasteiger partial charge in [-0.05, 0) is 49.7 Å². The molecule has 0 aliphatic carbocycles. The third kappa shape index (κ3) is 6.63. The van der Waals surface area contributed by atoms with Crippen molar-refractivity contribution in [3.05, 3.63) is 59.8 Å². The maximum atomic E-state index is 13.5. The number of alkyl halides is 3. The van der Waals surface area contributed by atoms with Crippen molar-refractivity contribution in [3.8, 4) is 28.5 Å². The average Bonchev–Trinajstić information content (AvgIpc) is 3.39. The Hall–Kier alpha value is -4.20. The summed E-state index contributed by atoms with van der Waals surface area (Å²) in [4.78, 5) is 24.1. The fourth-order valence-electron chi connectivity index (χ4n) is 3.54. The Labute approximate surface area is 221 Å². The summed E-state index contributed by atoms with van der Waals surface area (Å²) in [7, 11) is -3.08. The number of ether oxygens (including phenoxy) is 3. The highest BCUT2D eigenvalue weighted by Gasteiger charge is 2.35. The molecule has 0 saturated heterocycles. The van der Waals surface area contributed by atoms with E-state index in [1.165, 1.54) is 19.2 Å². The second kappa shape index (κ2) is 11.3. The van der Waals surface area contributed by atoms with Crippen molar-refractivity contribution in [3.63, 3.8) is 0 Å².